The van der Waals surface area contributed by atoms with Crippen molar-refractivity contribution in [2.45, 2.75) is 23.8 Å². The van der Waals surface area contributed by atoms with E-state index in [-0.39, 0.29) is 22.5 Å². The van der Waals surface area contributed by atoms with E-state index >= 15 is 0 Å². The first-order chi connectivity index (χ1) is 15.9. The molecule has 33 heavy (non-hydrogen) atoms. The molecule has 2 aromatic carbocycles. The standard InChI is InChI=1S/C23H27N3O6S/c27-22(17-7-9-19(10-8-17)33(29,30)26-11-14-31-15-12-26)25-21-6-2-1-5-20(21)23(28)24-16-18-4-3-13-32-18/h1-2,5-10,18H,3-4,11-16H2,(H,24,28)(H,25,27)/t18-/m0/s1. The molecule has 4 rings (SSSR count). The summed E-state index contributed by atoms with van der Waals surface area (Å²) in [7, 11) is -3.64. The lowest BCUT2D eigenvalue weighted by Crippen LogP contribution is -2.40. The summed E-state index contributed by atoms with van der Waals surface area (Å²) >= 11 is 0. The highest BCUT2D eigenvalue weighted by molar-refractivity contribution is 7.89. The van der Waals surface area contributed by atoms with E-state index in [1.165, 1.54) is 28.6 Å². The molecular formula is C23H27N3O6S. The van der Waals surface area contributed by atoms with Crippen molar-refractivity contribution in [1.82, 2.24) is 9.62 Å². The van der Waals surface area contributed by atoms with Crippen LogP contribution < -0.4 is 10.6 Å². The Kier molecular flexibility index (Phi) is 7.39. The third kappa shape index (κ3) is 5.59. The van der Waals surface area contributed by atoms with Crippen molar-refractivity contribution in [1.29, 1.82) is 0 Å². The van der Waals surface area contributed by atoms with Crippen molar-refractivity contribution in [3.63, 3.8) is 0 Å². The Hall–Kier alpha value is -2.79. The van der Waals surface area contributed by atoms with Crippen LogP contribution in [0.15, 0.2) is 53.4 Å². The van der Waals surface area contributed by atoms with Gasteiger partial charge in [0.2, 0.25) is 10.0 Å². The molecule has 0 unspecified atom stereocenters. The molecule has 2 saturated heterocycles. The fourth-order valence-electron chi connectivity index (χ4n) is 3.81. The Balaban J connectivity index is 1.42. The highest BCUT2D eigenvalue weighted by Crippen LogP contribution is 2.20. The van der Waals surface area contributed by atoms with Gasteiger partial charge in [-0.05, 0) is 49.2 Å². The fraction of sp³-hybridized carbons (Fsp3) is 0.391. The van der Waals surface area contributed by atoms with Crippen LogP contribution in [0.1, 0.15) is 33.6 Å². The second-order valence-electron chi connectivity index (χ2n) is 7.89. The number of morpholine rings is 1. The van der Waals surface area contributed by atoms with Crippen LogP contribution in [0.2, 0.25) is 0 Å². The minimum absolute atomic E-state index is 0.0166. The van der Waals surface area contributed by atoms with Crippen LogP contribution in [0.4, 0.5) is 5.69 Å². The van der Waals surface area contributed by atoms with Gasteiger partial charge in [-0.1, -0.05) is 12.1 Å². The number of hydrogen-bond donors (Lipinski definition) is 2. The molecule has 2 aromatic rings. The minimum Gasteiger partial charge on any atom is -0.379 e. The monoisotopic (exact) mass is 473 g/mol. The molecule has 0 spiro atoms. The maximum atomic E-state index is 12.8. The predicted molar refractivity (Wildman–Crippen MR) is 122 cm³/mol. The third-order valence-electron chi connectivity index (χ3n) is 5.66. The SMILES string of the molecule is O=C(Nc1ccccc1C(=O)NC[C@@H]1CCCO1)c1ccc(S(=O)(=O)N2CCOCC2)cc1. The minimum atomic E-state index is -3.64. The maximum absolute atomic E-state index is 12.8. The lowest BCUT2D eigenvalue weighted by atomic mass is 10.1. The summed E-state index contributed by atoms with van der Waals surface area (Å²) in [5.41, 5.74) is 0.998. The number of para-hydroxylation sites is 1. The van der Waals surface area contributed by atoms with Gasteiger partial charge in [-0.3, -0.25) is 9.59 Å². The van der Waals surface area contributed by atoms with E-state index in [2.05, 4.69) is 10.6 Å². The molecule has 0 bridgehead atoms. The molecular weight excluding hydrogens is 446 g/mol. The molecule has 0 aromatic heterocycles. The van der Waals surface area contributed by atoms with Crippen LogP contribution in [0.25, 0.3) is 0 Å². The number of anilines is 1. The van der Waals surface area contributed by atoms with Gasteiger partial charge < -0.3 is 20.1 Å². The van der Waals surface area contributed by atoms with E-state index in [0.717, 1.165) is 12.8 Å². The van der Waals surface area contributed by atoms with Crippen LogP contribution in [0.5, 0.6) is 0 Å². The zero-order valence-electron chi connectivity index (χ0n) is 18.2. The number of amides is 2. The molecule has 2 heterocycles. The molecule has 2 aliphatic heterocycles. The number of carbonyl (C=O) groups is 2. The van der Waals surface area contributed by atoms with E-state index in [9.17, 15) is 18.0 Å². The van der Waals surface area contributed by atoms with Crippen LogP contribution in [-0.4, -0.2) is 70.1 Å². The molecule has 10 heteroatoms. The Labute approximate surface area is 193 Å². The second kappa shape index (κ2) is 10.4. The molecule has 2 amide bonds. The Morgan fingerprint density at radius 2 is 1.70 bits per heavy atom. The van der Waals surface area contributed by atoms with Crippen LogP contribution in [0, 0.1) is 0 Å². The van der Waals surface area contributed by atoms with Crippen molar-refractivity contribution in [3.05, 3.63) is 59.7 Å². The van der Waals surface area contributed by atoms with Gasteiger partial charge in [-0.2, -0.15) is 4.31 Å². The zero-order chi connectivity index (χ0) is 23.3. The Bertz CT molecular complexity index is 1090. The van der Waals surface area contributed by atoms with E-state index in [0.29, 0.717) is 50.7 Å². The van der Waals surface area contributed by atoms with E-state index in [1.807, 2.05) is 0 Å². The average molecular weight is 474 g/mol. The van der Waals surface area contributed by atoms with Crippen molar-refractivity contribution < 1.29 is 27.5 Å². The molecule has 1 atom stereocenters. The molecule has 2 fully saturated rings. The quantitative estimate of drug-likeness (QED) is 0.635. The highest BCUT2D eigenvalue weighted by atomic mass is 32.2. The maximum Gasteiger partial charge on any atom is 0.255 e. The number of hydrogen-bond acceptors (Lipinski definition) is 6. The summed E-state index contributed by atoms with van der Waals surface area (Å²) in [6.45, 7) is 2.45. The number of ether oxygens (including phenoxy) is 2. The lowest BCUT2D eigenvalue weighted by Gasteiger charge is -2.26. The number of carbonyl (C=O) groups excluding carboxylic acids is 2. The Morgan fingerprint density at radius 3 is 2.39 bits per heavy atom. The summed E-state index contributed by atoms with van der Waals surface area (Å²) in [5, 5.41) is 5.60. The molecule has 0 radical (unpaired) electrons. The largest absolute Gasteiger partial charge is 0.379 e. The topological polar surface area (TPSA) is 114 Å². The number of sulfonamides is 1. The summed E-state index contributed by atoms with van der Waals surface area (Å²) in [4.78, 5) is 25.5. The fourth-order valence-corrected chi connectivity index (χ4v) is 5.21. The number of nitrogens with zero attached hydrogens (tertiary/aromatic N) is 1. The number of nitrogens with one attached hydrogen (secondary N) is 2. The van der Waals surface area contributed by atoms with E-state index in [1.54, 1.807) is 24.3 Å². The first-order valence-electron chi connectivity index (χ1n) is 10.9. The number of rotatable bonds is 7. The zero-order valence-corrected chi connectivity index (χ0v) is 19.0. The van der Waals surface area contributed by atoms with Crippen LogP contribution in [-0.2, 0) is 19.5 Å². The second-order valence-corrected chi connectivity index (χ2v) is 9.82. The average Bonchev–Trinajstić information content (AvgIpc) is 3.37. The molecule has 2 N–H and O–H groups in total. The smallest absolute Gasteiger partial charge is 0.255 e. The molecule has 176 valence electrons. The van der Waals surface area contributed by atoms with Gasteiger partial charge in [-0.25, -0.2) is 8.42 Å². The third-order valence-corrected chi connectivity index (χ3v) is 7.57. The van der Waals surface area contributed by atoms with Crippen molar-refractivity contribution in [3.8, 4) is 0 Å². The van der Waals surface area contributed by atoms with Crippen molar-refractivity contribution in [2.75, 3.05) is 44.8 Å². The van der Waals surface area contributed by atoms with Gasteiger partial charge in [-0.15, -0.1) is 0 Å². The van der Waals surface area contributed by atoms with Crippen LogP contribution >= 0.6 is 0 Å². The normalized spacial score (nSPS) is 19.2. The van der Waals surface area contributed by atoms with Gasteiger partial charge in [0, 0.05) is 31.8 Å². The summed E-state index contributed by atoms with van der Waals surface area (Å²) < 4.78 is 37.6. The Morgan fingerprint density at radius 1 is 0.970 bits per heavy atom. The molecule has 9 nitrogen and oxygen atoms in total. The van der Waals surface area contributed by atoms with Crippen molar-refractivity contribution >= 4 is 27.5 Å². The van der Waals surface area contributed by atoms with Gasteiger partial charge in [0.25, 0.3) is 11.8 Å². The first-order valence-corrected chi connectivity index (χ1v) is 12.4. The van der Waals surface area contributed by atoms with Gasteiger partial charge in [0.05, 0.1) is 35.5 Å². The van der Waals surface area contributed by atoms with E-state index < -0.39 is 15.9 Å². The van der Waals surface area contributed by atoms with E-state index in [4.69, 9.17) is 9.47 Å². The summed E-state index contributed by atoms with van der Waals surface area (Å²) in [6, 6.07) is 12.5. The van der Waals surface area contributed by atoms with Crippen molar-refractivity contribution in [2.24, 2.45) is 0 Å². The molecule has 0 aliphatic carbocycles. The van der Waals surface area contributed by atoms with Crippen LogP contribution in [0.3, 0.4) is 0 Å². The summed E-state index contributed by atoms with van der Waals surface area (Å²) in [5.74, 6) is -0.738. The highest BCUT2D eigenvalue weighted by Gasteiger charge is 2.26. The number of benzene rings is 2. The van der Waals surface area contributed by atoms with Gasteiger partial charge >= 0.3 is 0 Å². The lowest BCUT2D eigenvalue weighted by molar-refractivity contribution is 0.0730. The first kappa shape index (κ1) is 23.4. The molecule has 2 aliphatic rings. The van der Waals surface area contributed by atoms with Gasteiger partial charge in [0.1, 0.15) is 0 Å². The molecule has 0 saturated carbocycles. The summed E-state index contributed by atoms with van der Waals surface area (Å²) in [6.07, 6.45) is 1.92. The van der Waals surface area contributed by atoms with Gasteiger partial charge in [0.15, 0.2) is 0 Å². The predicted octanol–water partition coefficient (Wildman–Crippen LogP) is 1.87.